The fourth-order valence-electron chi connectivity index (χ4n) is 9.71. The lowest BCUT2D eigenvalue weighted by Crippen LogP contribution is -2.19. The number of aromatic nitrogens is 11. The molecule has 13 rings (SSSR count). The largest absolute Gasteiger partial charge is 0.489 e. The summed E-state index contributed by atoms with van der Waals surface area (Å²) in [6.45, 7) is 2.15. The summed E-state index contributed by atoms with van der Waals surface area (Å²) in [5.74, 6) is 0.789. The Kier molecular flexibility index (Phi) is 9.49. The molecule has 14 heteroatoms. The van der Waals surface area contributed by atoms with Gasteiger partial charge >= 0.3 is 0 Å². The summed E-state index contributed by atoms with van der Waals surface area (Å²) >= 11 is 3.60. The number of nitrogens with zero attached hydrogens (tertiary/aromatic N) is 7. The summed E-state index contributed by atoms with van der Waals surface area (Å²) in [5, 5.41) is 23.1. The van der Waals surface area contributed by atoms with E-state index in [1.165, 1.54) is 49.7 Å². The van der Waals surface area contributed by atoms with E-state index in [-0.39, 0.29) is 6.10 Å². The highest BCUT2D eigenvalue weighted by Crippen LogP contribution is 2.41. The highest BCUT2D eigenvalue weighted by Gasteiger charge is 2.22. The van der Waals surface area contributed by atoms with Crippen molar-refractivity contribution in [3.05, 3.63) is 137 Å². The molecule has 4 N–H and O–H groups in total. The summed E-state index contributed by atoms with van der Waals surface area (Å²) < 4.78 is 8.17. The Hall–Kier alpha value is -7.68. The Morgan fingerprint density at radius 2 is 1.45 bits per heavy atom. The van der Waals surface area contributed by atoms with Crippen LogP contribution in [0.15, 0.2) is 122 Å². The number of fused-ring (bicyclic) bond motifs is 4. The van der Waals surface area contributed by atoms with Crippen molar-refractivity contribution >= 4 is 66.5 Å². The normalized spacial score (nSPS) is 13.5. The van der Waals surface area contributed by atoms with Gasteiger partial charge in [-0.3, -0.25) is 19.9 Å². The van der Waals surface area contributed by atoms with Crippen LogP contribution < -0.4 is 4.74 Å². The van der Waals surface area contributed by atoms with Gasteiger partial charge in [-0.25, -0.2) is 9.97 Å². The van der Waals surface area contributed by atoms with Gasteiger partial charge in [-0.1, -0.05) is 30.7 Å². The van der Waals surface area contributed by atoms with Gasteiger partial charge in [-0.2, -0.15) is 15.3 Å². The van der Waals surface area contributed by atoms with E-state index < -0.39 is 0 Å². The monoisotopic (exact) mass is 913 g/mol. The molecule has 0 aliphatic heterocycles. The van der Waals surface area contributed by atoms with E-state index in [0.717, 1.165) is 113 Å². The summed E-state index contributed by atoms with van der Waals surface area (Å²) in [7, 11) is 1.93. The van der Waals surface area contributed by atoms with Gasteiger partial charge in [0.2, 0.25) is 0 Å². The second-order valence-electron chi connectivity index (χ2n) is 17.6. The molecule has 0 spiro atoms. The van der Waals surface area contributed by atoms with Gasteiger partial charge in [0.05, 0.1) is 46.8 Å². The first kappa shape index (κ1) is 39.7. The van der Waals surface area contributed by atoms with Crippen LogP contribution >= 0.6 is 22.7 Å². The number of ether oxygens (including phenoxy) is 1. The van der Waals surface area contributed by atoms with Gasteiger partial charge in [0.1, 0.15) is 33.7 Å². The Labute approximate surface area is 392 Å². The van der Waals surface area contributed by atoms with Crippen molar-refractivity contribution in [2.24, 2.45) is 7.05 Å². The van der Waals surface area contributed by atoms with Gasteiger partial charge in [0.25, 0.3) is 0 Å². The second kappa shape index (κ2) is 16.0. The molecule has 0 unspecified atom stereocenters. The number of hydrogen-bond donors (Lipinski definition) is 4. The molecular weight excluding hydrogens is 871 g/mol. The Morgan fingerprint density at radius 3 is 2.24 bits per heavy atom. The third-order valence-electron chi connectivity index (χ3n) is 13.0. The molecule has 2 aromatic carbocycles. The molecule has 0 radical (unpaired) electrons. The summed E-state index contributed by atoms with van der Waals surface area (Å²) in [5.41, 5.74) is 15.9. The van der Waals surface area contributed by atoms with Crippen LogP contribution in [-0.2, 0) is 13.5 Å². The summed E-state index contributed by atoms with van der Waals surface area (Å²) in [4.78, 5) is 27.2. The lowest BCUT2D eigenvalue weighted by Gasteiger charge is -2.22. The number of thiophene rings is 2. The van der Waals surface area contributed by atoms with Crippen molar-refractivity contribution in [3.8, 4) is 71.9 Å². The zero-order chi connectivity index (χ0) is 44.6. The van der Waals surface area contributed by atoms with Crippen LogP contribution in [0.2, 0.25) is 0 Å². The topological polar surface area (TPSA) is 155 Å². The molecule has 10 heterocycles. The zero-order valence-electron chi connectivity index (χ0n) is 36.7. The van der Waals surface area contributed by atoms with E-state index >= 15 is 0 Å². The number of rotatable bonds is 10. The maximum Gasteiger partial charge on any atom is 0.138 e. The number of aromatic amines is 4. The van der Waals surface area contributed by atoms with E-state index in [0.29, 0.717) is 6.42 Å². The molecule has 1 aliphatic rings. The van der Waals surface area contributed by atoms with Crippen LogP contribution in [0, 0.1) is 6.92 Å². The number of hydrogen-bond acceptors (Lipinski definition) is 9. The van der Waals surface area contributed by atoms with E-state index in [1.54, 1.807) is 17.5 Å². The van der Waals surface area contributed by atoms with Crippen LogP contribution in [0.4, 0.5) is 0 Å². The third kappa shape index (κ3) is 7.20. The van der Waals surface area contributed by atoms with Crippen LogP contribution in [0.3, 0.4) is 0 Å². The number of H-pyrrole nitrogens is 4. The zero-order valence-corrected chi connectivity index (χ0v) is 38.4. The predicted molar refractivity (Wildman–Crippen MR) is 269 cm³/mol. The molecule has 0 bridgehead atoms. The SMILES string of the molecule is Cc1ccc(-c2cccc3[nH]c(-c4[nH]nc5c(Cc6ccc(-c7cccc8[nH]c(-c9n[nH]c%10ccc(-c%11cncc(OC%12CCCCC%12)c%11)nc9%10)cc78)s6)cc(-c6cnn(C)c6)nc45)cc23)s1. The second-order valence-corrected chi connectivity index (χ2v) is 20.0. The quantitative estimate of drug-likeness (QED) is 0.106. The Morgan fingerprint density at radius 1 is 0.672 bits per heavy atom. The lowest BCUT2D eigenvalue weighted by atomic mass is 9.98. The molecule has 1 saturated carbocycles. The molecule has 67 heavy (non-hydrogen) atoms. The van der Waals surface area contributed by atoms with Gasteiger partial charge in [-0.15, -0.1) is 22.7 Å². The average Bonchev–Trinajstić information content (AvgIpc) is 4.22. The van der Waals surface area contributed by atoms with Gasteiger partial charge in [0.15, 0.2) is 0 Å². The first-order valence-electron chi connectivity index (χ1n) is 22.7. The number of pyridine rings is 3. The third-order valence-corrected chi connectivity index (χ3v) is 15.2. The van der Waals surface area contributed by atoms with E-state index in [1.807, 2.05) is 53.8 Å². The highest BCUT2D eigenvalue weighted by atomic mass is 32.1. The van der Waals surface area contributed by atoms with Crippen molar-refractivity contribution < 1.29 is 4.74 Å². The smallest absolute Gasteiger partial charge is 0.138 e. The molecule has 0 saturated heterocycles. The van der Waals surface area contributed by atoms with Gasteiger partial charge in [0, 0.05) is 89.4 Å². The molecule has 0 amide bonds. The highest BCUT2D eigenvalue weighted by molar-refractivity contribution is 7.15. The van der Waals surface area contributed by atoms with Crippen LogP contribution in [0.5, 0.6) is 5.75 Å². The van der Waals surface area contributed by atoms with Crippen molar-refractivity contribution in [2.45, 2.75) is 51.6 Å². The van der Waals surface area contributed by atoms with Crippen molar-refractivity contribution in [1.29, 1.82) is 0 Å². The van der Waals surface area contributed by atoms with Gasteiger partial charge in [-0.05, 0) is 111 Å². The van der Waals surface area contributed by atoms with E-state index in [9.17, 15) is 0 Å². The van der Waals surface area contributed by atoms with E-state index in [4.69, 9.17) is 24.9 Å². The number of benzene rings is 2. The minimum atomic E-state index is 0.247. The molecule has 12 nitrogen and oxygen atoms in total. The lowest BCUT2D eigenvalue weighted by molar-refractivity contribution is 0.154. The molecular formula is C53H43N11OS2. The van der Waals surface area contributed by atoms with Crippen LogP contribution in [0.25, 0.3) is 110 Å². The molecule has 10 aromatic heterocycles. The Bertz CT molecular complexity index is 3810. The average molecular weight is 914 g/mol. The van der Waals surface area contributed by atoms with Crippen molar-refractivity contribution in [3.63, 3.8) is 0 Å². The number of aryl methyl sites for hydroxylation is 2. The molecule has 328 valence electrons. The van der Waals surface area contributed by atoms with Crippen molar-refractivity contribution in [1.82, 2.24) is 55.1 Å². The molecule has 12 aromatic rings. The first-order valence-corrected chi connectivity index (χ1v) is 24.3. The van der Waals surface area contributed by atoms with Crippen LogP contribution in [0.1, 0.15) is 47.4 Å². The fourth-order valence-corrected chi connectivity index (χ4v) is 11.7. The predicted octanol–water partition coefficient (Wildman–Crippen LogP) is 13.1. The summed E-state index contributed by atoms with van der Waals surface area (Å²) in [6.07, 6.45) is 14.4. The van der Waals surface area contributed by atoms with E-state index in [2.05, 4.69) is 122 Å². The fraction of sp³-hybridized carbons (Fsp3) is 0.170. The minimum absolute atomic E-state index is 0.247. The van der Waals surface area contributed by atoms with Crippen LogP contribution in [-0.4, -0.2) is 61.2 Å². The first-order chi connectivity index (χ1) is 32.9. The maximum absolute atomic E-state index is 6.35. The number of nitrogens with one attached hydrogen (secondary N) is 4. The molecule has 0 atom stereocenters. The Balaban J connectivity index is 0.825. The summed E-state index contributed by atoms with van der Waals surface area (Å²) in [6, 6.07) is 34.4. The minimum Gasteiger partial charge on any atom is -0.489 e. The van der Waals surface area contributed by atoms with Gasteiger partial charge < -0.3 is 14.7 Å². The standard InChI is InChI=1S/C53H43N11OS2/c1-29-14-18-47(66-29)36-10-6-12-41-38(36)24-46(57-41)52-53-49(61-63-52)30(22-44(59-53)32-26-55-64(2)28-32)21-35-15-19-48(67-35)37-11-7-13-42-39(37)23-45(56-42)51-50-43(60-62-51)17-16-40(58-50)31-20-34(27-54-25-31)65-33-8-4-3-5-9-33/h6-7,10-20,22-28,33,56-57H,3-5,8-9,21H2,1-2H3,(H,60,62)(H,61,63). The maximum atomic E-state index is 6.35. The molecule has 1 fully saturated rings. The molecule has 1 aliphatic carbocycles. The van der Waals surface area contributed by atoms with Crippen molar-refractivity contribution in [2.75, 3.05) is 0 Å².